The molecule has 0 fully saturated rings. The number of carboxylic acid groups (broad SMARTS) is 1. The Hall–Kier alpha value is -3.52. The summed E-state index contributed by atoms with van der Waals surface area (Å²) in [6.07, 6.45) is -0.874. The summed E-state index contributed by atoms with van der Waals surface area (Å²) in [5.41, 5.74) is 4.46. The van der Waals surface area contributed by atoms with Gasteiger partial charge >= 0.3 is 12.1 Å². The van der Waals surface area contributed by atoms with Gasteiger partial charge in [-0.25, -0.2) is 9.59 Å². The number of methoxy groups -OCH3 is 1. The van der Waals surface area contributed by atoms with Crippen LogP contribution in [0.25, 0.3) is 11.1 Å². The quantitative estimate of drug-likeness (QED) is 0.450. The van der Waals surface area contributed by atoms with Crippen LogP contribution in [0.5, 0.6) is 11.5 Å². The Labute approximate surface area is 192 Å². The fourth-order valence-electron chi connectivity index (χ4n) is 3.98. The van der Waals surface area contributed by atoms with E-state index in [1.807, 2.05) is 48.5 Å². The molecular weight excluding hydrogens is 478 g/mol. The number of alkyl carbamates (subject to hydrolysis) is 1. The topological polar surface area (TPSA) is 105 Å². The van der Waals surface area contributed by atoms with Gasteiger partial charge in [0, 0.05) is 11.5 Å². The van der Waals surface area contributed by atoms with Crippen LogP contribution in [0.4, 0.5) is 4.79 Å². The van der Waals surface area contributed by atoms with Crippen molar-refractivity contribution in [3.05, 3.63) is 81.8 Å². The number of aromatic hydroxyl groups is 1. The maximum atomic E-state index is 12.5. The molecule has 0 saturated heterocycles. The van der Waals surface area contributed by atoms with Crippen molar-refractivity contribution in [2.45, 2.75) is 12.0 Å². The monoisotopic (exact) mass is 497 g/mol. The minimum absolute atomic E-state index is 0.0568. The van der Waals surface area contributed by atoms with Crippen LogP contribution in [0.1, 0.15) is 28.7 Å². The van der Waals surface area contributed by atoms with Gasteiger partial charge in [0.15, 0.2) is 17.5 Å². The van der Waals surface area contributed by atoms with Crippen LogP contribution in [0.15, 0.2) is 65.1 Å². The number of carbonyl (C=O) groups excluding carboxylic acids is 1. The van der Waals surface area contributed by atoms with E-state index >= 15 is 0 Å². The lowest BCUT2D eigenvalue weighted by molar-refractivity contribution is -0.139. The maximum absolute atomic E-state index is 12.5. The van der Waals surface area contributed by atoms with Gasteiger partial charge in [-0.1, -0.05) is 54.6 Å². The Kier molecular flexibility index (Phi) is 6.05. The molecule has 0 radical (unpaired) electrons. The molecule has 32 heavy (non-hydrogen) atoms. The van der Waals surface area contributed by atoms with Crippen molar-refractivity contribution < 1.29 is 29.3 Å². The summed E-state index contributed by atoms with van der Waals surface area (Å²) in [6.45, 7) is 0.0568. The second-order valence-electron chi connectivity index (χ2n) is 7.26. The Morgan fingerprint density at radius 2 is 1.62 bits per heavy atom. The zero-order chi connectivity index (χ0) is 22.8. The number of carboxylic acids is 1. The molecule has 1 unspecified atom stereocenters. The van der Waals surface area contributed by atoms with Crippen molar-refractivity contribution >= 4 is 28.0 Å². The SMILES string of the molecule is COc1ccc(C(NC(=O)OCC2c3ccccc3-c3ccccc32)C(=O)O)c(Br)c1O. The van der Waals surface area contributed by atoms with Gasteiger partial charge in [-0.15, -0.1) is 0 Å². The Bertz CT molecular complexity index is 1150. The largest absolute Gasteiger partial charge is 0.503 e. The van der Waals surface area contributed by atoms with Gasteiger partial charge in [0.25, 0.3) is 0 Å². The van der Waals surface area contributed by atoms with Crippen LogP contribution in [0.3, 0.4) is 0 Å². The first-order chi connectivity index (χ1) is 15.4. The highest BCUT2D eigenvalue weighted by atomic mass is 79.9. The van der Waals surface area contributed by atoms with Gasteiger partial charge < -0.3 is 25.0 Å². The summed E-state index contributed by atoms with van der Waals surface area (Å²) in [5, 5.41) is 22.2. The molecule has 1 aliphatic rings. The molecule has 0 saturated carbocycles. The number of carbonyl (C=O) groups is 2. The zero-order valence-corrected chi connectivity index (χ0v) is 18.6. The molecule has 164 valence electrons. The zero-order valence-electron chi connectivity index (χ0n) is 17.0. The molecule has 1 aliphatic carbocycles. The Morgan fingerprint density at radius 3 is 2.19 bits per heavy atom. The van der Waals surface area contributed by atoms with Gasteiger partial charge in [0.2, 0.25) is 0 Å². The molecule has 1 atom stereocenters. The number of aliphatic carboxylic acids is 1. The van der Waals surface area contributed by atoms with Crippen molar-refractivity contribution in [2.75, 3.05) is 13.7 Å². The Balaban J connectivity index is 1.51. The molecule has 1 amide bonds. The average Bonchev–Trinajstić information content (AvgIpc) is 3.12. The molecular formula is C24H20BrNO6. The summed E-state index contributed by atoms with van der Waals surface area (Å²) in [4.78, 5) is 24.4. The van der Waals surface area contributed by atoms with Gasteiger partial charge in [0.1, 0.15) is 6.61 Å². The van der Waals surface area contributed by atoms with Gasteiger partial charge in [-0.2, -0.15) is 0 Å². The fourth-order valence-corrected chi connectivity index (χ4v) is 4.54. The first-order valence-corrected chi connectivity index (χ1v) is 10.6. The smallest absolute Gasteiger partial charge is 0.408 e. The predicted octanol–water partition coefficient (Wildman–Crippen LogP) is 4.83. The third kappa shape index (κ3) is 3.89. The third-order valence-corrected chi connectivity index (χ3v) is 6.33. The molecule has 3 aromatic carbocycles. The number of hydrogen-bond donors (Lipinski definition) is 3. The van der Waals surface area contributed by atoms with E-state index in [9.17, 15) is 19.8 Å². The van der Waals surface area contributed by atoms with Gasteiger partial charge in [0.05, 0.1) is 11.6 Å². The number of phenolic OH excluding ortho intramolecular Hbond substituents is 1. The highest BCUT2D eigenvalue weighted by Gasteiger charge is 2.31. The molecule has 0 aromatic heterocycles. The lowest BCUT2D eigenvalue weighted by atomic mass is 9.98. The second kappa shape index (κ2) is 8.92. The van der Waals surface area contributed by atoms with Gasteiger partial charge in [-0.05, 0) is 44.3 Å². The molecule has 7 nitrogen and oxygen atoms in total. The number of phenols is 1. The number of nitrogens with one attached hydrogen (secondary N) is 1. The van der Waals surface area contributed by atoms with E-state index in [1.165, 1.54) is 19.2 Å². The van der Waals surface area contributed by atoms with Gasteiger partial charge in [-0.3, -0.25) is 0 Å². The molecule has 8 heteroatoms. The predicted molar refractivity (Wildman–Crippen MR) is 121 cm³/mol. The molecule has 0 bridgehead atoms. The lowest BCUT2D eigenvalue weighted by Gasteiger charge is -2.19. The average molecular weight is 498 g/mol. The van der Waals surface area contributed by atoms with Crippen LogP contribution in [-0.4, -0.2) is 36.0 Å². The highest BCUT2D eigenvalue weighted by molar-refractivity contribution is 9.10. The number of hydrogen-bond acceptors (Lipinski definition) is 5. The highest BCUT2D eigenvalue weighted by Crippen LogP contribution is 2.44. The summed E-state index contributed by atoms with van der Waals surface area (Å²) in [7, 11) is 1.38. The second-order valence-corrected chi connectivity index (χ2v) is 8.05. The third-order valence-electron chi connectivity index (χ3n) is 5.49. The first-order valence-electron chi connectivity index (χ1n) is 9.82. The van der Waals surface area contributed by atoms with Crippen LogP contribution in [-0.2, 0) is 9.53 Å². The van der Waals surface area contributed by atoms with Crippen molar-refractivity contribution in [1.29, 1.82) is 0 Å². The van der Waals surface area contributed by atoms with Crippen molar-refractivity contribution in [3.8, 4) is 22.6 Å². The van der Waals surface area contributed by atoms with Crippen LogP contribution >= 0.6 is 15.9 Å². The molecule has 0 heterocycles. The van der Waals surface area contributed by atoms with Crippen LogP contribution in [0.2, 0.25) is 0 Å². The van der Waals surface area contributed by atoms with Crippen molar-refractivity contribution in [2.24, 2.45) is 0 Å². The number of amides is 1. The van der Waals surface area contributed by atoms with Crippen LogP contribution < -0.4 is 10.1 Å². The van der Waals surface area contributed by atoms with Crippen LogP contribution in [0, 0.1) is 0 Å². The van der Waals surface area contributed by atoms with E-state index in [1.54, 1.807) is 0 Å². The number of ether oxygens (including phenoxy) is 2. The van der Waals surface area contributed by atoms with Crippen molar-refractivity contribution in [1.82, 2.24) is 5.32 Å². The summed E-state index contributed by atoms with van der Waals surface area (Å²) < 4.78 is 10.6. The maximum Gasteiger partial charge on any atom is 0.408 e. The van der Waals surface area contributed by atoms with E-state index in [-0.39, 0.29) is 34.1 Å². The molecule has 4 rings (SSSR count). The van der Waals surface area contributed by atoms with E-state index in [4.69, 9.17) is 9.47 Å². The summed E-state index contributed by atoms with van der Waals surface area (Å²) in [6, 6.07) is 17.3. The first kappa shape index (κ1) is 21.7. The molecule has 0 spiro atoms. The number of rotatable bonds is 6. The number of fused-ring (bicyclic) bond motifs is 3. The molecule has 3 aromatic rings. The standard InChI is InChI=1S/C24H20BrNO6/c1-31-19-11-10-17(20(25)22(19)27)21(23(28)29)26-24(30)32-12-18-15-8-4-2-6-13(15)14-7-3-5-9-16(14)18/h2-11,18,21,27H,12H2,1H3,(H,26,30)(H,28,29). The van der Waals surface area contributed by atoms with E-state index in [2.05, 4.69) is 21.2 Å². The summed E-state index contributed by atoms with van der Waals surface area (Å²) in [5.74, 6) is -1.53. The fraction of sp³-hybridized carbons (Fsp3) is 0.167. The number of benzene rings is 3. The minimum atomic E-state index is -1.43. The molecule has 0 aliphatic heterocycles. The number of halogens is 1. The summed E-state index contributed by atoms with van der Waals surface area (Å²) >= 11 is 3.17. The molecule has 3 N–H and O–H groups in total. The lowest BCUT2D eigenvalue weighted by Crippen LogP contribution is -2.35. The van der Waals surface area contributed by atoms with E-state index in [0.717, 1.165) is 22.3 Å². The Morgan fingerprint density at radius 1 is 1.03 bits per heavy atom. The van der Waals surface area contributed by atoms with E-state index < -0.39 is 18.1 Å². The van der Waals surface area contributed by atoms with E-state index in [0.29, 0.717) is 0 Å². The normalized spacial score (nSPS) is 13.1. The van der Waals surface area contributed by atoms with Crippen molar-refractivity contribution in [3.63, 3.8) is 0 Å². The minimum Gasteiger partial charge on any atom is -0.503 e.